The first kappa shape index (κ1) is 16.5. The SMILES string of the molecule is CC(=O)Nc1ccc(S(=O)(=O)N(C)CC(C)O)c(F)c1. The lowest BCUT2D eigenvalue weighted by Gasteiger charge is -2.19. The van der Waals surface area contributed by atoms with E-state index in [4.69, 9.17) is 0 Å². The first-order chi connectivity index (χ1) is 9.14. The van der Waals surface area contributed by atoms with Crippen molar-refractivity contribution in [2.75, 3.05) is 18.9 Å². The zero-order chi connectivity index (χ0) is 15.5. The highest BCUT2D eigenvalue weighted by atomic mass is 32.2. The van der Waals surface area contributed by atoms with Gasteiger partial charge in [0.05, 0.1) is 6.10 Å². The topological polar surface area (TPSA) is 86.7 Å². The standard InChI is InChI=1S/C12H17FN2O4S/c1-8(16)7-15(3)20(18,19)12-5-4-10(6-11(12)13)14-9(2)17/h4-6,8,16H,7H2,1-3H3,(H,14,17). The summed E-state index contributed by atoms with van der Waals surface area (Å²) >= 11 is 0. The summed E-state index contributed by atoms with van der Waals surface area (Å²) in [5.41, 5.74) is 0.173. The second kappa shape index (κ2) is 6.29. The van der Waals surface area contributed by atoms with Crippen LogP contribution in [-0.2, 0) is 14.8 Å². The number of carbonyl (C=O) groups excluding carboxylic acids is 1. The van der Waals surface area contributed by atoms with E-state index in [1.807, 2.05) is 0 Å². The minimum absolute atomic E-state index is 0.144. The number of aliphatic hydroxyl groups excluding tert-OH is 1. The predicted octanol–water partition coefficient (Wildman–Crippen LogP) is 0.785. The molecule has 8 heteroatoms. The number of hydrogen-bond donors (Lipinski definition) is 2. The molecule has 0 saturated heterocycles. The van der Waals surface area contributed by atoms with Crippen LogP contribution in [0.5, 0.6) is 0 Å². The largest absolute Gasteiger partial charge is 0.392 e. The van der Waals surface area contributed by atoms with E-state index < -0.39 is 26.8 Å². The van der Waals surface area contributed by atoms with E-state index in [1.165, 1.54) is 27.0 Å². The van der Waals surface area contributed by atoms with Gasteiger partial charge in [-0.05, 0) is 25.1 Å². The Bertz CT molecular complexity index is 601. The van der Waals surface area contributed by atoms with Gasteiger partial charge in [0.25, 0.3) is 0 Å². The Labute approximate surface area is 117 Å². The Morgan fingerprint density at radius 3 is 2.55 bits per heavy atom. The molecule has 0 saturated carbocycles. The summed E-state index contributed by atoms with van der Waals surface area (Å²) in [5, 5.41) is 11.6. The second-order valence-electron chi connectivity index (χ2n) is 4.46. The van der Waals surface area contributed by atoms with E-state index in [0.29, 0.717) is 0 Å². The highest BCUT2D eigenvalue weighted by Gasteiger charge is 2.25. The van der Waals surface area contributed by atoms with Crippen molar-refractivity contribution in [3.8, 4) is 0 Å². The number of nitrogens with zero attached hydrogens (tertiary/aromatic N) is 1. The first-order valence-corrected chi connectivity index (χ1v) is 7.30. The Balaban J connectivity index is 3.10. The van der Waals surface area contributed by atoms with Crippen molar-refractivity contribution in [2.45, 2.75) is 24.8 Å². The van der Waals surface area contributed by atoms with Gasteiger partial charge >= 0.3 is 0 Å². The van der Waals surface area contributed by atoms with Crippen molar-refractivity contribution in [3.05, 3.63) is 24.0 Å². The third-order valence-corrected chi connectivity index (χ3v) is 4.32. The van der Waals surface area contributed by atoms with Gasteiger partial charge in [-0.25, -0.2) is 12.8 Å². The Morgan fingerprint density at radius 1 is 1.50 bits per heavy atom. The first-order valence-electron chi connectivity index (χ1n) is 5.86. The van der Waals surface area contributed by atoms with Gasteiger partial charge < -0.3 is 10.4 Å². The average Bonchev–Trinajstić information content (AvgIpc) is 2.26. The molecule has 1 aromatic rings. The normalized spacial score (nSPS) is 13.3. The highest BCUT2D eigenvalue weighted by Crippen LogP contribution is 2.21. The van der Waals surface area contributed by atoms with Gasteiger partial charge in [0.1, 0.15) is 10.7 Å². The van der Waals surface area contributed by atoms with Gasteiger partial charge in [0.2, 0.25) is 15.9 Å². The average molecular weight is 304 g/mol. The molecule has 0 heterocycles. The van der Waals surface area contributed by atoms with Gasteiger partial charge in [-0.1, -0.05) is 0 Å². The van der Waals surface area contributed by atoms with Gasteiger partial charge in [-0.3, -0.25) is 4.79 Å². The quantitative estimate of drug-likeness (QED) is 0.842. The Morgan fingerprint density at radius 2 is 2.10 bits per heavy atom. The number of anilines is 1. The van der Waals surface area contributed by atoms with Crippen LogP contribution < -0.4 is 5.32 Å². The summed E-state index contributed by atoms with van der Waals surface area (Å²) in [6, 6.07) is 3.31. The van der Waals surface area contributed by atoms with Crippen LogP contribution in [-0.4, -0.2) is 43.4 Å². The third-order valence-electron chi connectivity index (χ3n) is 2.46. The Hall–Kier alpha value is -1.51. The maximum Gasteiger partial charge on any atom is 0.245 e. The number of amides is 1. The number of aliphatic hydroxyl groups is 1. The lowest BCUT2D eigenvalue weighted by atomic mass is 10.3. The van der Waals surface area contributed by atoms with E-state index in [1.54, 1.807) is 0 Å². The summed E-state index contributed by atoms with van der Waals surface area (Å²) in [5.74, 6) is -1.35. The summed E-state index contributed by atoms with van der Waals surface area (Å²) in [6.45, 7) is 2.55. The predicted molar refractivity (Wildman–Crippen MR) is 72.2 cm³/mol. The molecule has 112 valence electrons. The summed E-state index contributed by atoms with van der Waals surface area (Å²) < 4.78 is 39.0. The van der Waals surface area contributed by atoms with Crippen LogP contribution in [0.15, 0.2) is 23.1 Å². The van der Waals surface area contributed by atoms with Crippen molar-refractivity contribution >= 4 is 21.6 Å². The molecular formula is C12H17FN2O4S. The van der Waals surface area contributed by atoms with E-state index in [0.717, 1.165) is 16.4 Å². The molecule has 20 heavy (non-hydrogen) atoms. The van der Waals surface area contributed by atoms with Crippen molar-refractivity contribution in [1.29, 1.82) is 0 Å². The van der Waals surface area contributed by atoms with Crippen LogP contribution in [0.2, 0.25) is 0 Å². The minimum atomic E-state index is -4.02. The summed E-state index contributed by atoms with van der Waals surface area (Å²) in [4.78, 5) is 10.3. The van der Waals surface area contributed by atoms with Crippen LogP contribution in [0, 0.1) is 5.82 Å². The maximum atomic E-state index is 13.9. The Kier molecular flexibility index (Phi) is 5.21. The summed E-state index contributed by atoms with van der Waals surface area (Å²) in [6.07, 6.45) is -0.864. The van der Waals surface area contributed by atoms with E-state index in [-0.39, 0.29) is 18.1 Å². The fourth-order valence-electron chi connectivity index (χ4n) is 1.63. The summed E-state index contributed by atoms with van der Waals surface area (Å²) in [7, 11) is -2.77. The number of likely N-dealkylation sites (N-methyl/N-ethyl adjacent to an activating group) is 1. The zero-order valence-electron chi connectivity index (χ0n) is 11.4. The minimum Gasteiger partial charge on any atom is -0.392 e. The zero-order valence-corrected chi connectivity index (χ0v) is 12.2. The van der Waals surface area contributed by atoms with Crippen LogP contribution in [0.1, 0.15) is 13.8 Å². The highest BCUT2D eigenvalue weighted by molar-refractivity contribution is 7.89. The lowest BCUT2D eigenvalue weighted by molar-refractivity contribution is -0.114. The molecule has 1 rings (SSSR count). The van der Waals surface area contributed by atoms with Crippen molar-refractivity contribution < 1.29 is 22.7 Å². The van der Waals surface area contributed by atoms with Gasteiger partial charge in [0.15, 0.2) is 0 Å². The van der Waals surface area contributed by atoms with Crippen LogP contribution in [0.3, 0.4) is 0 Å². The molecule has 1 amide bonds. The van der Waals surface area contributed by atoms with Crippen molar-refractivity contribution in [1.82, 2.24) is 4.31 Å². The molecule has 2 N–H and O–H groups in total. The van der Waals surface area contributed by atoms with Gasteiger partial charge in [-0.2, -0.15) is 4.31 Å². The van der Waals surface area contributed by atoms with E-state index in [2.05, 4.69) is 5.32 Å². The number of sulfonamides is 1. The second-order valence-corrected chi connectivity index (χ2v) is 6.47. The van der Waals surface area contributed by atoms with Crippen LogP contribution in [0.25, 0.3) is 0 Å². The molecule has 0 aliphatic carbocycles. The van der Waals surface area contributed by atoms with Crippen molar-refractivity contribution in [3.63, 3.8) is 0 Å². The molecule has 6 nitrogen and oxygen atoms in total. The number of halogens is 1. The molecule has 0 bridgehead atoms. The van der Waals surface area contributed by atoms with Gasteiger partial charge in [0, 0.05) is 26.2 Å². The number of benzene rings is 1. The smallest absolute Gasteiger partial charge is 0.245 e. The molecule has 1 unspecified atom stereocenters. The monoisotopic (exact) mass is 304 g/mol. The number of nitrogens with one attached hydrogen (secondary N) is 1. The molecule has 0 spiro atoms. The fraction of sp³-hybridized carbons (Fsp3) is 0.417. The number of carbonyl (C=O) groups is 1. The lowest BCUT2D eigenvalue weighted by Crippen LogP contribution is -2.33. The molecule has 0 aromatic heterocycles. The molecule has 0 radical (unpaired) electrons. The molecule has 0 aliphatic rings. The van der Waals surface area contributed by atoms with Crippen LogP contribution >= 0.6 is 0 Å². The maximum absolute atomic E-state index is 13.9. The van der Waals surface area contributed by atoms with Gasteiger partial charge in [-0.15, -0.1) is 0 Å². The van der Waals surface area contributed by atoms with E-state index in [9.17, 15) is 22.7 Å². The molecule has 1 aromatic carbocycles. The van der Waals surface area contributed by atoms with E-state index >= 15 is 0 Å². The number of hydrogen-bond acceptors (Lipinski definition) is 4. The molecule has 0 fully saturated rings. The molecule has 0 aliphatic heterocycles. The fourth-order valence-corrected chi connectivity index (χ4v) is 2.92. The third kappa shape index (κ3) is 3.99. The molecular weight excluding hydrogens is 287 g/mol. The molecule has 1 atom stereocenters. The number of rotatable bonds is 5. The van der Waals surface area contributed by atoms with Crippen molar-refractivity contribution in [2.24, 2.45) is 0 Å². The van der Waals surface area contributed by atoms with Crippen LogP contribution in [0.4, 0.5) is 10.1 Å².